The summed E-state index contributed by atoms with van der Waals surface area (Å²) in [5, 5.41) is 0. The lowest BCUT2D eigenvalue weighted by Gasteiger charge is -2.13. The van der Waals surface area contributed by atoms with Gasteiger partial charge in [-0.2, -0.15) is 0 Å². The predicted octanol–water partition coefficient (Wildman–Crippen LogP) is 2.04. The summed E-state index contributed by atoms with van der Waals surface area (Å²) < 4.78 is 40.2. The van der Waals surface area contributed by atoms with Crippen LogP contribution in [0.2, 0.25) is 0 Å². The van der Waals surface area contributed by atoms with Crippen molar-refractivity contribution in [2.75, 3.05) is 12.3 Å². The van der Waals surface area contributed by atoms with E-state index in [1.54, 1.807) is 0 Å². The molecule has 1 saturated carbocycles. The SMILES string of the molecule is Cc1c(N)cc(S(=O)(=O)NCC(C)C2CC2)cc1F. The standard InChI is InChI=1S/C13H19FN2O2S/c1-8(10-3-4-10)7-16-19(17,18)11-5-12(14)9(2)13(15)6-11/h5-6,8,10,16H,3-4,7,15H2,1-2H3. The predicted molar refractivity (Wildman–Crippen MR) is 72.6 cm³/mol. The van der Waals surface area contributed by atoms with E-state index in [2.05, 4.69) is 4.72 Å². The van der Waals surface area contributed by atoms with E-state index in [4.69, 9.17) is 5.73 Å². The van der Waals surface area contributed by atoms with Crippen LogP contribution in [-0.2, 0) is 10.0 Å². The number of benzene rings is 1. The summed E-state index contributed by atoms with van der Waals surface area (Å²) in [7, 11) is -3.69. The largest absolute Gasteiger partial charge is 0.398 e. The number of nitrogen functional groups attached to an aromatic ring is 1. The quantitative estimate of drug-likeness (QED) is 0.814. The van der Waals surface area contributed by atoms with Crippen molar-refractivity contribution in [3.8, 4) is 0 Å². The molecular formula is C13H19FN2O2S. The lowest BCUT2D eigenvalue weighted by molar-refractivity contribution is 0.491. The smallest absolute Gasteiger partial charge is 0.240 e. The van der Waals surface area contributed by atoms with Crippen molar-refractivity contribution in [1.82, 2.24) is 4.72 Å². The second-order valence-electron chi connectivity index (χ2n) is 5.29. The average molecular weight is 286 g/mol. The zero-order valence-electron chi connectivity index (χ0n) is 11.1. The normalized spacial score (nSPS) is 17.4. The van der Waals surface area contributed by atoms with Gasteiger partial charge in [0.15, 0.2) is 0 Å². The molecule has 0 aromatic heterocycles. The van der Waals surface area contributed by atoms with E-state index < -0.39 is 15.8 Å². The zero-order chi connectivity index (χ0) is 14.2. The Morgan fingerprint density at radius 3 is 2.63 bits per heavy atom. The molecule has 1 aromatic rings. The van der Waals surface area contributed by atoms with E-state index in [0.29, 0.717) is 18.4 Å². The highest BCUT2D eigenvalue weighted by molar-refractivity contribution is 7.89. The number of hydrogen-bond acceptors (Lipinski definition) is 3. The van der Waals surface area contributed by atoms with Gasteiger partial charge >= 0.3 is 0 Å². The molecule has 1 fully saturated rings. The molecule has 0 spiro atoms. The molecule has 0 heterocycles. The Balaban J connectivity index is 2.14. The van der Waals surface area contributed by atoms with Crippen molar-refractivity contribution in [2.45, 2.75) is 31.6 Å². The van der Waals surface area contributed by atoms with Gasteiger partial charge in [0, 0.05) is 17.8 Å². The van der Waals surface area contributed by atoms with Crippen LogP contribution < -0.4 is 10.5 Å². The Kier molecular flexibility index (Phi) is 3.82. The van der Waals surface area contributed by atoms with E-state index in [1.807, 2.05) is 6.92 Å². The molecule has 1 aliphatic rings. The van der Waals surface area contributed by atoms with Gasteiger partial charge in [0.25, 0.3) is 0 Å². The van der Waals surface area contributed by atoms with E-state index in [0.717, 1.165) is 18.9 Å². The van der Waals surface area contributed by atoms with Crippen LogP contribution in [0.5, 0.6) is 0 Å². The van der Waals surface area contributed by atoms with Crippen LogP contribution in [0.4, 0.5) is 10.1 Å². The third kappa shape index (κ3) is 3.25. The third-order valence-electron chi connectivity index (χ3n) is 3.69. The van der Waals surface area contributed by atoms with Gasteiger partial charge in [-0.3, -0.25) is 0 Å². The molecule has 3 N–H and O–H groups in total. The first-order valence-electron chi connectivity index (χ1n) is 6.36. The molecule has 1 aromatic carbocycles. The third-order valence-corrected chi connectivity index (χ3v) is 5.09. The van der Waals surface area contributed by atoms with Crippen LogP contribution in [0.1, 0.15) is 25.3 Å². The van der Waals surface area contributed by atoms with Crippen LogP contribution in [-0.4, -0.2) is 15.0 Å². The Morgan fingerprint density at radius 1 is 1.47 bits per heavy atom. The van der Waals surface area contributed by atoms with Gasteiger partial charge < -0.3 is 5.73 Å². The van der Waals surface area contributed by atoms with Crippen LogP contribution in [0, 0.1) is 24.6 Å². The van der Waals surface area contributed by atoms with Crippen molar-refractivity contribution >= 4 is 15.7 Å². The Hall–Kier alpha value is -1.14. The van der Waals surface area contributed by atoms with E-state index in [9.17, 15) is 12.8 Å². The molecule has 0 bridgehead atoms. The number of rotatable bonds is 5. The number of halogens is 1. The molecule has 1 aliphatic carbocycles. The maximum absolute atomic E-state index is 13.5. The summed E-state index contributed by atoms with van der Waals surface area (Å²) in [6, 6.07) is 2.30. The van der Waals surface area contributed by atoms with Crippen molar-refractivity contribution in [3.05, 3.63) is 23.5 Å². The van der Waals surface area contributed by atoms with Gasteiger partial charge in [-0.25, -0.2) is 17.5 Å². The summed E-state index contributed by atoms with van der Waals surface area (Å²) in [5.74, 6) is 0.320. The minimum atomic E-state index is -3.69. The molecule has 19 heavy (non-hydrogen) atoms. The highest BCUT2D eigenvalue weighted by Crippen LogP contribution is 2.36. The molecule has 0 aliphatic heterocycles. The van der Waals surface area contributed by atoms with Crippen molar-refractivity contribution in [3.63, 3.8) is 0 Å². The zero-order valence-corrected chi connectivity index (χ0v) is 11.9. The molecule has 2 rings (SSSR count). The summed E-state index contributed by atoms with van der Waals surface area (Å²) in [5.41, 5.74) is 6.02. The second-order valence-corrected chi connectivity index (χ2v) is 7.05. The first kappa shape index (κ1) is 14.3. The average Bonchev–Trinajstić information content (AvgIpc) is 3.16. The lowest BCUT2D eigenvalue weighted by atomic mass is 10.1. The summed E-state index contributed by atoms with van der Waals surface area (Å²) in [6.45, 7) is 3.91. The molecular weight excluding hydrogens is 267 g/mol. The molecule has 0 amide bonds. The lowest BCUT2D eigenvalue weighted by Crippen LogP contribution is -2.29. The van der Waals surface area contributed by atoms with E-state index in [1.165, 1.54) is 13.0 Å². The highest BCUT2D eigenvalue weighted by Gasteiger charge is 2.29. The topological polar surface area (TPSA) is 72.2 Å². The second kappa shape index (κ2) is 5.09. The molecule has 1 unspecified atom stereocenters. The fourth-order valence-electron chi connectivity index (χ4n) is 1.99. The fourth-order valence-corrected chi connectivity index (χ4v) is 3.18. The van der Waals surface area contributed by atoms with Gasteiger partial charge in [0.1, 0.15) is 5.82 Å². The molecule has 1 atom stereocenters. The first-order chi connectivity index (χ1) is 8.81. The number of anilines is 1. The van der Waals surface area contributed by atoms with Crippen LogP contribution in [0.3, 0.4) is 0 Å². The first-order valence-corrected chi connectivity index (χ1v) is 7.85. The molecule has 6 heteroatoms. The molecule has 0 saturated heterocycles. The Morgan fingerprint density at radius 2 is 2.11 bits per heavy atom. The number of nitrogens with two attached hydrogens (primary N) is 1. The number of nitrogens with one attached hydrogen (secondary N) is 1. The van der Waals surface area contributed by atoms with Crippen molar-refractivity contribution in [2.24, 2.45) is 11.8 Å². The monoisotopic (exact) mass is 286 g/mol. The number of hydrogen-bond donors (Lipinski definition) is 2. The fraction of sp³-hybridized carbons (Fsp3) is 0.538. The Labute approximate surface area is 113 Å². The highest BCUT2D eigenvalue weighted by atomic mass is 32.2. The van der Waals surface area contributed by atoms with E-state index in [-0.39, 0.29) is 16.1 Å². The number of sulfonamides is 1. The van der Waals surface area contributed by atoms with Crippen LogP contribution in [0.25, 0.3) is 0 Å². The minimum Gasteiger partial charge on any atom is -0.398 e. The van der Waals surface area contributed by atoms with Crippen LogP contribution >= 0.6 is 0 Å². The van der Waals surface area contributed by atoms with Gasteiger partial charge in [-0.15, -0.1) is 0 Å². The molecule has 0 radical (unpaired) electrons. The molecule has 4 nitrogen and oxygen atoms in total. The van der Waals surface area contributed by atoms with Gasteiger partial charge in [0.2, 0.25) is 10.0 Å². The van der Waals surface area contributed by atoms with Crippen molar-refractivity contribution < 1.29 is 12.8 Å². The molecule has 106 valence electrons. The van der Waals surface area contributed by atoms with Gasteiger partial charge in [-0.1, -0.05) is 6.92 Å². The summed E-state index contributed by atoms with van der Waals surface area (Å²) in [6.07, 6.45) is 2.32. The van der Waals surface area contributed by atoms with Crippen LogP contribution in [0.15, 0.2) is 17.0 Å². The van der Waals surface area contributed by atoms with E-state index >= 15 is 0 Å². The summed E-state index contributed by atoms with van der Waals surface area (Å²) >= 11 is 0. The maximum Gasteiger partial charge on any atom is 0.240 e. The van der Waals surface area contributed by atoms with Gasteiger partial charge in [0.05, 0.1) is 4.90 Å². The summed E-state index contributed by atoms with van der Waals surface area (Å²) in [4.78, 5) is -0.115. The minimum absolute atomic E-state index is 0.115. The Bertz CT molecular complexity index is 559. The van der Waals surface area contributed by atoms with Crippen molar-refractivity contribution in [1.29, 1.82) is 0 Å². The van der Waals surface area contributed by atoms with Gasteiger partial charge in [-0.05, 0) is 43.7 Å². The maximum atomic E-state index is 13.5.